The van der Waals surface area contributed by atoms with E-state index in [4.69, 9.17) is 0 Å². The van der Waals surface area contributed by atoms with Gasteiger partial charge in [0.2, 0.25) is 5.91 Å². The van der Waals surface area contributed by atoms with Crippen molar-refractivity contribution in [3.05, 3.63) is 35.9 Å². The van der Waals surface area contributed by atoms with Gasteiger partial charge in [-0.15, -0.1) is 0 Å². The predicted octanol–water partition coefficient (Wildman–Crippen LogP) is 2.81. The molecular weight excluding hydrogens is 260 g/mol. The molecule has 0 unspecified atom stereocenters. The maximum absolute atomic E-state index is 12.4. The highest BCUT2D eigenvalue weighted by Crippen LogP contribution is 2.15. The summed E-state index contributed by atoms with van der Waals surface area (Å²) in [6.07, 6.45) is 3.39. The molecule has 1 heterocycles. The van der Waals surface area contributed by atoms with Crippen molar-refractivity contribution < 1.29 is 4.79 Å². The maximum atomic E-state index is 12.4. The fourth-order valence-electron chi connectivity index (χ4n) is 2.88. The van der Waals surface area contributed by atoms with Crippen molar-refractivity contribution in [2.24, 2.45) is 5.92 Å². The molecule has 0 atom stereocenters. The second-order valence-electron chi connectivity index (χ2n) is 6.17. The Morgan fingerprint density at radius 3 is 2.52 bits per heavy atom. The fourth-order valence-corrected chi connectivity index (χ4v) is 2.88. The van der Waals surface area contributed by atoms with Crippen LogP contribution in [0.3, 0.4) is 0 Å². The monoisotopic (exact) mass is 288 g/mol. The Kier molecular flexibility index (Phi) is 6.24. The van der Waals surface area contributed by atoms with Gasteiger partial charge in [-0.1, -0.05) is 37.3 Å². The van der Waals surface area contributed by atoms with Crippen LogP contribution in [0.15, 0.2) is 30.3 Å². The Labute approximate surface area is 128 Å². The van der Waals surface area contributed by atoms with Crippen molar-refractivity contribution in [3.8, 4) is 0 Å². The number of benzene rings is 1. The quantitative estimate of drug-likeness (QED) is 0.803. The van der Waals surface area contributed by atoms with E-state index in [2.05, 4.69) is 43.0 Å². The number of amides is 1. The summed E-state index contributed by atoms with van der Waals surface area (Å²) in [4.78, 5) is 16.7. The molecule has 21 heavy (non-hydrogen) atoms. The molecule has 0 spiro atoms. The van der Waals surface area contributed by atoms with Gasteiger partial charge in [0.15, 0.2) is 0 Å². The number of likely N-dealkylation sites (N-methyl/N-ethyl adjacent to an activating group) is 1. The third-order valence-corrected chi connectivity index (χ3v) is 4.48. The molecule has 3 heteroatoms. The molecule has 0 bridgehead atoms. The first-order valence-corrected chi connectivity index (χ1v) is 8.23. The smallest absolute Gasteiger partial charge is 0.236 e. The SMILES string of the molecule is CCN(CCc1ccccc1)C(=O)CN1CCC(C)CC1. The van der Waals surface area contributed by atoms with Crippen molar-refractivity contribution in [3.63, 3.8) is 0 Å². The molecule has 1 saturated heterocycles. The zero-order valence-electron chi connectivity index (χ0n) is 13.4. The van der Waals surface area contributed by atoms with E-state index >= 15 is 0 Å². The number of piperidine rings is 1. The molecule has 1 aliphatic rings. The van der Waals surface area contributed by atoms with E-state index in [1.807, 2.05) is 11.0 Å². The maximum Gasteiger partial charge on any atom is 0.236 e. The van der Waals surface area contributed by atoms with Gasteiger partial charge in [0.1, 0.15) is 0 Å². The summed E-state index contributed by atoms with van der Waals surface area (Å²) in [7, 11) is 0. The second kappa shape index (κ2) is 8.18. The molecule has 3 nitrogen and oxygen atoms in total. The average Bonchev–Trinajstić information content (AvgIpc) is 2.51. The van der Waals surface area contributed by atoms with Crippen LogP contribution in [0.2, 0.25) is 0 Å². The van der Waals surface area contributed by atoms with E-state index in [0.717, 1.165) is 38.5 Å². The van der Waals surface area contributed by atoms with Crippen LogP contribution in [0.4, 0.5) is 0 Å². The zero-order chi connectivity index (χ0) is 15.1. The number of hydrogen-bond acceptors (Lipinski definition) is 2. The molecule has 2 rings (SSSR count). The van der Waals surface area contributed by atoms with Crippen LogP contribution in [-0.2, 0) is 11.2 Å². The van der Waals surface area contributed by atoms with Gasteiger partial charge < -0.3 is 4.90 Å². The lowest BCUT2D eigenvalue weighted by atomic mass is 9.99. The fraction of sp³-hybridized carbons (Fsp3) is 0.611. The minimum atomic E-state index is 0.281. The highest BCUT2D eigenvalue weighted by Gasteiger charge is 2.20. The van der Waals surface area contributed by atoms with E-state index in [1.54, 1.807) is 0 Å². The molecule has 1 amide bonds. The van der Waals surface area contributed by atoms with Gasteiger partial charge in [-0.3, -0.25) is 9.69 Å². The largest absolute Gasteiger partial charge is 0.342 e. The summed E-state index contributed by atoms with van der Waals surface area (Å²) < 4.78 is 0. The molecule has 1 aromatic carbocycles. The summed E-state index contributed by atoms with van der Waals surface area (Å²) in [6.45, 7) is 8.74. The summed E-state index contributed by atoms with van der Waals surface area (Å²) in [6, 6.07) is 10.4. The van der Waals surface area contributed by atoms with Crippen molar-refractivity contribution in [2.45, 2.75) is 33.1 Å². The lowest BCUT2D eigenvalue weighted by molar-refractivity contribution is -0.132. The molecule has 1 aromatic rings. The Morgan fingerprint density at radius 2 is 1.90 bits per heavy atom. The minimum Gasteiger partial charge on any atom is -0.342 e. The van der Waals surface area contributed by atoms with Crippen molar-refractivity contribution in [2.75, 3.05) is 32.7 Å². The van der Waals surface area contributed by atoms with E-state index in [-0.39, 0.29) is 5.91 Å². The first-order chi connectivity index (χ1) is 10.2. The second-order valence-corrected chi connectivity index (χ2v) is 6.17. The van der Waals surface area contributed by atoms with Gasteiger partial charge in [-0.25, -0.2) is 0 Å². The van der Waals surface area contributed by atoms with Crippen LogP contribution in [0.1, 0.15) is 32.3 Å². The Hall–Kier alpha value is -1.35. The van der Waals surface area contributed by atoms with Crippen LogP contribution in [0.25, 0.3) is 0 Å². The lowest BCUT2D eigenvalue weighted by Crippen LogP contribution is -2.43. The summed E-state index contributed by atoms with van der Waals surface area (Å²) in [5.74, 6) is 1.10. The third kappa shape index (κ3) is 5.16. The first kappa shape index (κ1) is 16.0. The number of hydrogen-bond donors (Lipinski definition) is 0. The summed E-state index contributed by atoms with van der Waals surface area (Å²) in [5, 5.41) is 0. The van der Waals surface area contributed by atoms with Gasteiger partial charge in [0.05, 0.1) is 6.54 Å². The van der Waals surface area contributed by atoms with Crippen LogP contribution in [0, 0.1) is 5.92 Å². The zero-order valence-corrected chi connectivity index (χ0v) is 13.4. The summed E-state index contributed by atoms with van der Waals surface area (Å²) in [5.41, 5.74) is 1.30. The van der Waals surface area contributed by atoms with Gasteiger partial charge in [0, 0.05) is 13.1 Å². The van der Waals surface area contributed by atoms with Gasteiger partial charge in [0.25, 0.3) is 0 Å². The highest BCUT2D eigenvalue weighted by molar-refractivity contribution is 5.78. The molecule has 0 radical (unpaired) electrons. The number of rotatable bonds is 6. The standard InChI is InChI=1S/C18H28N2O/c1-3-20(14-11-17-7-5-4-6-8-17)18(21)15-19-12-9-16(2)10-13-19/h4-8,16H,3,9-15H2,1-2H3. The van der Waals surface area contributed by atoms with E-state index in [1.165, 1.54) is 18.4 Å². The molecule has 0 saturated carbocycles. The minimum absolute atomic E-state index is 0.281. The van der Waals surface area contributed by atoms with Crippen LogP contribution in [0.5, 0.6) is 0 Å². The molecule has 0 aromatic heterocycles. The summed E-state index contributed by atoms with van der Waals surface area (Å²) >= 11 is 0. The van der Waals surface area contributed by atoms with Gasteiger partial charge in [-0.2, -0.15) is 0 Å². The van der Waals surface area contributed by atoms with Crippen molar-refractivity contribution in [1.29, 1.82) is 0 Å². The van der Waals surface area contributed by atoms with Crippen molar-refractivity contribution in [1.82, 2.24) is 9.80 Å². The van der Waals surface area contributed by atoms with Crippen LogP contribution < -0.4 is 0 Å². The molecule has 116 valence electrons. The van der Waals surface area contributed by atoms with Gasteiger partial charge >= 0.3 is 0 Å². The number of likely N-dealkylation sites (tertiary alicyclic amines) is 1. The molecule has 0 aliphatic carbocycles. The van der Waals surface area contributed by atoms with E-state index < -0.39 is 0 Å². The highest BCUT2D eigenvalue weighted by atomic mass is 16.2. The van der Waals surface area contributed by atoms with Gasteiger partial charge in [-0.05, 0) is 50.8 Å². The average molecular weight is 288 g/mol. The molecule has 0 N–H and O–H groups in total. The van der Waals surface area contributed by atoms with E-state index in [9.17, 15) is 4.79 Å². The Bertz CT molecular complexity index is 424. The predicted molar refractivity (Wildman–Crippen MR) is 87.2 cm³/mol. The Balaban J connectivity index is 1.78. The number of carbonyl (C=O) groups excluding carboxylic acids is 1. The Morgan fingerprint density at radius 1 is 1.24 bits per heavy atom. The van der Waals surface area contributed by atoms with E-state index in [0.29, 0.717) is 6.54 Å². The van der Waals surface area contributed by atoms with Crippen LogP contribution >= 0.6 is 0 Å². The normalized spacial score (nSPS) is 16.9. The molecular formula is C18H28N2O. The van der Waals surface area contributed by atoms with Crippen molar-refractivity contribution >= 4 is 5.91 Å². The first-order valence-electron chi connectivity index (χ1n) is 8.23. The topological polar surface area (TPSA) is 23.6 Å². The number of carbonyl (C=O) groups is 1. The lowest BCUT2D eigenvalue weighted by Gasteiger charge is -2.31. The number of nitrogens with zero attached hydrogens (tertiary/aromatic N) is 2. The van der Waals surface area contributed by atoms with Crippen LogP contribution in [-0.4, -0.2) is 48.4 Å². The molecule has 1 fully saturated rings. The third-order valence-electron chi connectivity index (χ3n) is 4.48. The molecule has 1 aliphatic heterocycles.